The van der Waals surface area contributed by atoms with Crippen molar-refractivity contribution in [2.75, 3.05) is 13.1 Å². The van der Waals surface area contributed by atoms with Crippen LogP contribution in [-0.2, 0) is 47.5 Å². The van der Waals surface area contributed by atoms with Crippen molar-refractivity contribution >= 4 is 78.9 Å². The summed E-state index contributed by atoms with van der Waals surface area (Å²) in [7, 11) is 0. The smallest absolute Gasteiger partial charge is 0.234 e. The van der Waals surface area contributed by atoms with Crippen molar-refractivity contribution in [3.63, 3.8) is 0 Å². The van der Waals surface area contributed by atoms with E-state index >= 15 is 0 Å². The van der Waals surface area contributed by atoms with Gasteiger partial charge in [0.2, 0.25) is 5.91 Å². The van der Waals surface area contributed by atoms with Gasteiger partial charge in [0.1, 0.15) is 23.1 Å². The van der Waals surface area contributed by atoms with Crippen molar-refractivity contribution in [2.24, 2.45) is 11.3 Å². The van der Waals surface area contributed by atoms with Gasteiger partial charge in [-0.25, -0.2) is 8.78 Å². The number of hydrogen-bond acceptors (Lipinski definition) is 6. The van der Waals surface area contributed by atoms with Gasteiger partial charge in [-0.2, -0.15) is 0 Å². The van der Waals surface area contributed by atoms with Crippen LogP contribution in [0.1, 0.15) is 245 Å². The fourth-order valence-electron chi connectivity index (χ4n) is 12.3. The quantitative estimate of drug-likeness (QED) is 0.101. The Hall–Kier alpha value is -8.77. The molecule has 4 N–H and O–H groups in total. The first-order valence-corrected chi connectivity index (χ1v) is 41.8. The number of allylic oxidation sites excluding steroid dienone is 1. The number of piperidine rings is 1. The molecule has 13 heteroatoms. The summed E-state index contributed by atoms with van der Waals surface area (Å²) in [6.07, 6.45) is 7.78. The fraction of sp³-hybridized carbons (Fsp3) is 0.404. The van der Waals surface area contributed by atoms with Gasteiger partial charge < -0.3 is 30.2 Å². The van der Waals surface area contributed by atoms with Gasteiger partial charge in [0.25, 0.3) is 0 Å². The molecular weight excluding hydrogens is 1520 g/mol. The van der Waals surface area contributed by atoms with Crippen molar-refractivity contribution in [3.8, 4) is 23.0 Å². The second-order valence-corrected chi connectivity index (χ2v) is 40.8. The molecule has 0 spiro atoms. The van der Waals surface area contributed by atoms with Crippen molar-refractivity contribution in [1.82, 2.24) is 15.2 Å². The zero-order chi connectivity index (χ0) is 88.0. The van der Waals surface area contributed by atoms with E-state index in [4.69, 9.17) is 44.6 Å². The van der Waals surface area contributed by atoms with Gasteiger partial charge >= 0.3 is 0 Å². The summed E-state index contributed by atoms with van der Waals surface area (Å²) in [5.74, 6) is 1.78. The Labute approximate surface area is 716 Å². The zero-order valence-corrected chi connectivity index (χ0v) is 77.3. The number of fused-ring (bicyclic) bond motifs is 3. The highest BCUT2D eigenvalue weighted by atomic mass is 35.5. The van der Waals surface area contributed by atoms with E-state index in [1.165, 1.54) is 106 Å². The summed E-state index contributed by atoms with van der Waals surface area (Å²) in [4.78, 5) is 26.9. The molecule has 117 heavy (non-hydrogen) atoms. The molecule has 1 amide bonds. The summed E-state index contributed by atoms with van der Waals surface area (Å²) in [5.41, 5.74) is 11.2. The number of H-pyrrole nitrogens is 1. The maximum absolute atomic E-state index is 13.0. The highest BCUT2D eigenvalue weighted by Crippen LogP contribution is 2.36. The van der Waals surface area contributed by atoms with Gasteiger partial charge in [-0.3, -0.25) is 9.59 Å². The Morgan fingerprint density at radius 2 is 0.863 bits per heavy atom. The molecule has 0 bridgehead atoms. The van der Waals surface area contributed by atoms with Gasteiger partial charge in [-0.15, -0.1) is 0 Å². The van der Waals surface area contributed by atoms with Crippen molar-refractivity contribution in [2.45, 2.75) is 250 Å². The topological polar surface area (TPSA) is 115 Å². The lowest BCUT2D eigenvalue weighted by Gasteiger charge is -2.34. The van der Waals surface area contributed by atoms with Crippen LogP contribution in [0.5, 0.6) is 23.0 Å². The van der Waals surface area contributed by atoms with Gasteiger partial charge in [0.15, 0.2) is 17.3 Å². The molecule has 2 aliphatic heterocycles. The molecule has 2 aliphatic rings. The lowest BCUT2D eigenvalue weighted by Crippen LogP contribution is -2.44. The molecule has 1 aromatic heterocycles. The number of nitrogens with zero attached hydrogens (tertiary/aromatic N) is 1. The third kappa shape index (κ3) is 33.9. The van der Waals surface area contributed by atoms with E-state index in [1.54, 1.807) is 35.4 Å². The summed E-state index contributed by atoms with van der Waals surface area (Å²) < 4.78 is 31.2. The molecule has 10 aromatic carbocycles. The zero-order valence-electron chi connectivity index (χ0n) is 75.0. The third-order valence-corrected chi connectivity index (χ3v) is 20.8. The second-order valence-electron chi connectivity index (χ2n) is 39.5. The van der Waals surface area contributed by atoms with E-state index in [0.717, 1.165) is 44.3 Å². The van der Waals surface area contributed by atoms with Gasteiger partial charge in [-0.1, -0.05) is 316 Å². The van der Waals surface area contributed by atoms with E-state index in [1.807, 2.05) is 99.8 Å². The Morgan fingerprint density at radius 1 is 0.410 bits per heavy atom. The Kier molecular flexibility index (Phi) is 35.7. The van der Waals surface area contributed by atoms with Crippen molar-refractivity contribution in [3.05, 3.63) is 296 Å². The number of aromatic nitrogens is 1. The van der Waals surface area contributed by atoms with E-state index < -0.39 is 0 Å². The monoisotopic (exact) mass is 1650 g/mol. The number of rotatable bonds is 2. The number of aromatic amines is 1. The summed E-state index contributed by atoms with van der Waals surface area (Å²) in [6.45, 7) is 60.7. The lowest BCUT2D eigenvalue weighted by atomic mass is 9.77. The molecule has 0 saturated carbocycles. The van der Waals surface area contributed by atoms with E-state index in [-0.39, 0.29) is 84.7 Å². The largest absolute Gasteiger partial charge is 0.504 e. The van der Waals surface area contributed by atoms with Gasteiger partial charge in [-0.05, 0) is 265 Å². The number of hydrogen-bond donors (Lipinski definition) is 4. The molecule has 13 rings (SSSR count). The van der Waals surface area contributed by atoms with Crippen LogP contribution in [0, 0.1) is 23.0 Å². The van der Waals surface area contributed by atoms with Crippen LogP contribution in [0.4, 0.5) is 8.78 Å². The van der Waals surface area contributed by atoms with Crippen LogP contribution in [-0.4, -0.2) is 50.4 Å². The molecule has 1 unspecified atom stereocenters. The highest BCUT2D eigenvalue weighted by Gasteiger charge is 2.29. The standard InChI is InChI=1S/C16H17ClO.C14H15F.C14H16.C12H15N.C10H12Cl2.C10H13F.C10H14O2.C9H13NO2.C9H19N/c1-16(2,3)12-7-9-14(10-8-12)18-15-6-4-5-13(17)11-15;1-14(2,3)12-6-4-11-9-13(15)7-5-10(11)8-12;1-14(2,3)13-9-8-11-6-4-5-7-12(11)10-13;1-12(2,3)10-4-5-11-9(8-10)6-7-13-11;1-10(2,3)8-5-4-7(11)6-9(8)12;1-10(2,3)8-4-6-9(11)7-5-8;1-10(2,3)7-4-5-8(11)9(12)6-7;1-9(2,3)10-5-4-7(11)6-8(10)12;1-9(2,3)8-5-4-6-10-7-8/h4-11H,1-3H3;4-9H,1-3H3;4-10H,1-3H3;4-8,13H,1-3H3;4-6H,1-3H3;4-7H,1-3H3;4-6,11-12H,1-3H3;4-5H,6H2,1-3H3;8,10H,4-7H2,1-3H3. The van der Waals surface area contributed by atoms with Crippen LogP contribution in [0.15, 0.2) is 231 Å². The average Bonchev–Trinajstić information content (AvgIpc) is 1.28. The van der Waals surface area contributed by atoms with Crippen LogP contribution in [0.25, 0.3) is 32.4 Å². The number of aromatic hydroxyl groups is 2. The van der Waals surface area contributed by atoms with Crippen LogP contribution in [0.3, 0.4) is 0 Å². The molecule has 630 valence electrons. The predicted octanol–water partition coefficient (Wildman–Crippen LogP) is 30.3. The van der Waals surface area contributed by atoms with Crippen LogP contribution >= 0.6 is 34.8 Å². The summed E-state index contributed by atoms with van der Waals surface area (Å²) >= 11 is 17.7. The number of nitrogens with one attached hydrogen (secondary N) is 2. The first-order chi connectivity index (χ1) is 53.9. The molecule has 11 aromatic rings. The minimum atomic E-state index is -0.228. The molecule has 3 heterocycles. The van der Waals surface area contributed by atoms with Gasteiger partial charge in [0.05, 0.1) is 6.42 Å². The maximum Gasteiger partial charge on any atom is 0.234 e. The summed E-state index contributed by atoms with van der Waals surface area (Å²) in [5, 5.41) is 29.8. The Balaban J connectivity index is 0.000000236. The fourth-order valence-corrected chi connectivity index (χ4v) is 13.2. The molecule has 0 radical (unpaired) electrons. The maximum atomic E-state index is 13.0. The number of halogens is 5. The first kappa shape index (κ1) is 98.8. The number of phenolic OH excluding ortho intramolecular Hbond substituents is 2. The number of carbonyl (C=O) groups is 2. The van der Waals surface area contributed by atoms with E-state index in [0.29, 0.717) is 15.5 Å². The third-order valence-electron chi connectivity index (χ3n) is 20.0. The number of benzene rings is 10. The first-order valence-electron chi connectivity index (χ1n) is 40.7. The lowest BCUT2D eigenvalue weighted by molar-refractivity contribution is -0.136. The number of ketones is 1. The number of ether oxygens (including phenoxy) is 1. The van der Waals surface area contributed by atoms with Crippen LogP contribution < -0.4 is 10.1 Å². The molecule has 8 nitrogen and oxygen atoms in total. The van der Waals surface area contributed by atoms with Crippen molar-refractivity contribution < 1.29 is 33.3 Å². The minimum Gasteiger partial charge on any atom is -0.504 e. The van der Waals surface area contributed by atoms with E-state index in [9.17, 15) is 23.5 Å². The molecule has 1 atom stereocenters. The highest BCUT2D eigenvalue weighted by molar-refractivity contribution is 6.35. The molecule has 1 saturated heterocycles. The van der Waals surface area contributed by atoms with Crippen LogP contribution in [0.2, 0.25) is 15.1 Å². The number of amides is 1. The Bertz CT molecular complexity index is 4990. The SMILES string of the molecule is CC(C)(C)C1CCCNC1.CC(C)(C)N1C=CC(=O)CC1=O.CC(C)(C)c1ccc(Cl)cc1Cl.CC(C)(C)c1ccc(F)cc1.CC(C)(C)c1ccc(O)c(O)c1.CC(C)(C)c1ccc(Oc2cccc(Cl)c2)cc1.CC(C)(C)c1ccc2[nH]ccc2c1.CC(C)(C)c1ccc2cc(F)ccc2c1.CC(C)(C)c1ccc2ccccc2c1. The number of phenols is 2. The number of carbonyl (C=O) groups excluding carboxylic acids is 2. The van der Waals surface area contributed by atoms with Crippen molar-refractivity contribution in [1.29, 1.82) is 0 Å². The van der Waals surface area contributed by atoms with E-state index in [2.05, 4.69) is 267 Å². The molecule has 0 aliphatic carbocycles. The Morgan fingerprint density at radius 3 is 1.33 bits per heavy atom. The predicted molar refractivity (Wildman–Crippen MR) is 498 cm³/mol. The minimum absolute atomic E-state index is 0.00514. The normalized spacial score (nSPS) is 13.9. The average molecular weight is 1650 g/mol. The van der Waals surface area contributed by atoms with Gasteiger partial charge in [0, 0.05) is 38.5 Å². The molecular formula is C104H134Cl3F2N3O5. The summed E-state index contributed by atoms with van der Waals surface area (Å²) in [6, 6.07) is 67.8. The molecule has 1 fully saturated rings. The second kappa shape index (κ2) is 42.3.